The van der Waals surface area contributed by atoms with E-state index in [1.807, 2.05) is 29.0 Å². The summed E-state index contributed by atoms with van der Waals surface area (Å²) in [5.74, 6) is 1.51. The Morgan fingerprint density at radius 2 is 0.667 bits per heavy atom. The number of hydrogen-bond donors (Lipinski definition) is 1. The first kappa shape index (κ1) is 59.6. The van der Waals surface area contributed by atoms with Crippen LogP contribution < -0.4 is 31.2 Å². The largest absolute Gasteiger partial charge is 0.508 e. The van der Waals surface area contributed by atoms with Crippen molar-refractivity contribution >= 4 is 28.0 Å². The molecule has 0 bridgehead atoms. The molecule has 0 radical (unpaired) electrons. The van der Waals surface area contributed by atoms with E-state index in [4.69, 9.17) is 4.74 Å². The molecule has 0 aliphatic rings. The minimum absolute atomic E-state index is 0.214. The molecule has 0 saturated carbocycles. The molecule has 0 fully saturated rings. The lowest BCUT2D eigenvalue weighted by Gasteiger charge is -2.46. The molecule has 0 aliphatic carbocycles. The van der Waals surface area contributed by atoms with Crippen molar-refractivity contribution in [2.45, 2.75) is 56.0 Å². The first-order chi connectivity index (χ1) is 35.6. The SMILES string of the molecule is FC(F)(F)c1cc([B-](c2cc(C(F)(F)F)cc(C(F)(F)F)c2)(c2cc(C(F)(F)F)cc(C(F)(F)F)c2)c2cc(C(F)(F)F)cc(C(F)(F)F)c2)cc(C(F)(F)F)c1.Oc1ccc(Oc2cncc[n+]2Cc2ccccc2)cc1. The van der Waals surface area contributed by atoms with Crippen molar-refractivity contribution in [3.63, 3.8) is 0 Å². The van der Waals surface area contributed by atoms with Gasteiger partial charge in [-0.15, -0.1) is 0 Å². The third kappa shape index (κ3) is 13.9. The molecular formula is C49H27BF24N2O2. The maximum atomic E-state index is 14.2. The second kappa shape index (κ2) is 21.0. The summed E-state index contributed by atoms with van der Waals surface area (Å²) in [5.41, 5.74) is -29.0. The monoisotopic (exact) mass is 1140 g/mol. The van der Waals surface area contributed by atoms with Gasteiger partial charge in [0.1, 0.15) is 23.8 Å². The number of aromatic hydroxyl groups is 1. The molecule has 416 valence electrons. The van der Waals surface area contributed by atoms with Crippen molar-refractivity contribution in [3.05, 3.63) is 196 Å². The van der Waals surface area contributed by atoms with Crippen molar-refractivity contribution < 1.29 is 120 Å². The van der Waals surface area contributed by atoms with Crippen LogP contribution in [0, 0.1) is 0 Å². The van der Waals surface area contributed by atoms with Crippen LogP contribution in [0.1, 0.15) is 50.1 Å². The van der Waals surface area contributed by atoms with Gasteiger partial charge in [-0.3, -0.25) is 0 Å². The van der Waals surface area contributed by atoms with Gasteiger partial charge in [0.05, 0.1) is 50.7 Å². The third-order valence-corrected chi connectivity index (χ3v) is 11.5. The third-order valence-electron chi connectivity index (χ3n) is 11.5. The topological polar surface area (TPSA) is 46.2 Å². The summed E-state index contributed by atoms with van der Waals surface area (Å²) in [4.78, 5) is 4.11. The number of hydrogen-bond acceptors (Lipinski definition) is 3. The van der Waals surface area contributed by atoms with Gasteiger partial charge in [0.25, 0.3) is 0 Å². The number of halogens is 24. The molecule has 4 nitrogen and oxygen atoms in total. The molecule has 0 spiro atoms. The highest BCUT2D eigenvalue weighted by Gasteiger charge is 2.47. The van der Waals surface area contributed by atoms with E-state index in [-0.39, 0.29) is 5.75 Å². The van der Waals surface area contributed by atoms with Crippen molar-refractivity contribution in [3.8, 4) is 17.4 Å². The number of phenols is 1. The summed E-state index contributed by atoms with van der Waals surface area (Å²) in [5, 5.41) is 9.30. The van der Waals surface area contributed by atoms with E-state index in [0.717, 1.165) is 0 Å². The van der Waals surface area contributed by atoms with E-state index in [1.165, 1.54) is 5.56 Å². The van der Waals surface area contributed by atoms with Gasteiger partial charge in [-0.05, 0) is 48.5 Å². The maximum Gasteiger partial charge on any atom is 0.416 e. The molecule has 0 atom stereocenters. The van der Waals surface area contributed by atoms with Gasteiger partial charge in [-0.25, -0.2) is 4.98 Å². The quantitative estimate of drug-likeness (QED) is 0.0937. The van der Waals surface area contributed by atoms with Crippen molar-refractivity contribution in [1.82, 2.24) is 4.98 Å². The van der Waals surface area contributed by atoms with Gasteiger partial charge in [-0.2, -0.15) is 132 Å². The van der Waals surface area contributed by atoms with E-state index in [9.17, 15) is 110 Å². The normalized spacial score (nSPS) is 13.2. The molecule has 0 saturated heterocycles. The first-order valence-electron chi connectivity index (χ1n) is 21.3. The minimum atomic E-state index is -6.13. The highest BCUT2D eigenvalue weighted by molar-refractivity contribution is 7.20. The highest BCUT2D eigenvalue weighted by Crippen LogP contribution is 2.41. The lowest BCUT2D eigenvalue weighted by molar-refractivity contribution is -0.692. The number of ether oxygens (including phenoxy) is 1. The van der Waals surface area contributed by atoms with E-state index >= 15 is 0 Å². The maximum absolute atomic E-state index is 14.2. The van der Waals surface area contributed by atoms with E-state index in [0.29, 0.717) is 18.2 Å². The lowest BCUT2D eigenvalue weighted by atomic mass is 9.12. The van der Waals surface area contributed by atoms with Crippen LogP contribution >= 0.6 is 0 Å². The zero-order valence-corrected chi connectivity index (χ0v) is 38.0. The average molecular weight is 1140 g/mol. The minimum Gasteiger partial charge on any atom is -0.508 e. The number of benzene rings is 6. The Labute approximate surface area is 421 Å². The van der Waals surface area contributed by atoms with Gasteiger partial charge < -0.3 is 9.84 Å². The predicted molar refractivity (Wildman–Crippen MR) is 228 cm³/mol. The van der Waals surface area contributed by atoms with Crippen molar-refractivity contribution in [2.75, 3.05) is 0 Å². The molecular weight excluding hydrogens is 1120 g/mol. The predicted octanol–water partition coefficient (Wildman–Crippen LogP) is 14.1. The zero-order chi connectivity index (χ0) is 58.4. The van der Waals surface area contributed by atoms with Crippen LogP contribution in [0.3, 0.4) is 0 Å². The summed E-state index contributed by atoms with van der Waals surface area (Å²) in [6.45, 7) is 0.705. The number of phenolic OH excluding ortho intramolecular Hbond substituents is 1. The van der Waals surface area contributed by atoms with E-state index in [2.05, 4.69) is 17.1 Å². The molecule has 0 unspecified atom stereocenters. The zero-order valence-electron chi connectivity index (χ0n) is 38.0. The summed E-state index contributed by atoms with van der Waals surface area (Å²) < 4.78 is 349. The van der Waals surface area contributed by atoms with E-state index in [1.54, 1.807) is 36.7 Å². The van der Waals surface area contributed by atoms with Crippen LogP contribution in [0.5, 0.6) is 17.4 Å². The van der Waals surface area contributed by atoms with Crippen LogP contribution in [0.2, 0.25) is 0 Å². The molecule has 0 aliphatic heterocycles. The Bertz CT molecular complexity index is 2810. The van der Waals surface area contributed by atoms with Gasteiger partial charge >= 0.3 is 55.3 Å². The fraction of sp³-hybridized carbons (Fsp3) is 0.184. The summed E-state index contributed by atoms with van der Waals surface area (Å²) in [6.07, 6.45) is -49.5. The van der Waals surface area contributed by atoms with Gasteiger partial charge in [0.2, 0.25) is 0 Å². The average Bonchev–Trinajstić information content (AvgIpc) is 3.31. The fourth-order valence-corrected chi connectivity index (χ4v) is 8.07. The Morgan fingerprint density at radius 1 is 0.385 bits per heavy atom. The van der Waals surface area contributed by atoms with Crippen LogP contribution in [-0.2, 0) is 56.0 Å². The standard InChI is InChI=1S/C32H12BF24.C17H14N2O2/c34-25(35,36)13-1-14(26(37,38)39)6-21(5-13)33(22-7-15(27(40,41)42)2-16(8-22)28(43,44)45,23-9-17(29(46,47)48)3-18(10-23)30(49,50)51)24-11-19(31(52,53)54)4-20(12-24)32(55,56)57;20-15-6-8-16(9-7-15)21-17-12-18-10-11-19(17)13-14-4-2-1-3-5-14/h1-12H;1-12H,13H2/q-1;/p+1. The van der Waals surface area contributed by atoms with Crippen LogP contribution in [-0.4, -0.2) is 16.2 Å². The first-order valence-corrected chi connectivity index (χ1v) is 21.3. The van der Waals surface area contributed by atoms with Gasteiger partial charge in [0.15, 0.2) is 12.7 Å². The van der Waals surface area contributed by atoms with Crippen LogP contribution in [0.4, 0.5) is 105 Å². The smallest absolute Gasteiger partial charge is 0.416 e. The molecule has 1 N–H and O–H groups in total. The molecule has 6 aromatic carbocycles. The number of alkyl halides is 24. The Kier molecular flexibility index (Phi) is 16.0. The molecule has 7 rings (SSSR count). The van der Waals surface area contributed by atoms with Gasteiger partial charge in [-0.1, -0.05) is 78.9 Å². The molecule has 0 amide bonds. The summed E-state index contributed by atoms with van der Waals surface area (Å²) >= 11 is 0. The highest BCUT2D eigenvalue weighted by atomic mass is 19.4. The molecule has 78 heavy (non-hydrogen) atoms. The lowest BCUT2D eigenvalue weighted by Crippen LogP contribution is -2.75. The van der Waals surface area contributed by atoms with E-state index < -0.39 is 195 Å². The molecule has 1 aromatic heterocycles. The second-order valence-corrected chi connectivity index (χ2v) is 16.8. The van der Waals surface area contributed by atoms with Crippen LogP contribution in [0.25, 0.3) is 0 Å². The summed E-state index contributed by atoms with van der Waals surface area (Å²) in [6, 6.07) is 7.96. The number of aromatic nitrogens is 2. The number of nitrogens with zero attached hydrogens (tertiary/aromatic N) is 2. The van der Waals surface area contributed by atoms with Gasteiger partial charge in [0, 0.05) is 5.56 Å². The molecule has 7 aromatic rings. The summed E-state index contributed by atoms with van der Waals surface area (Å²) in [7, 11) is 0. The Morgan fingerprint density at radius 3 is 0.936 bits per heavy atom. The Balaban J connectivity index is 0.000000387. The second-order valence-electron chi connectivity index (χ2n) is 16.8. The Hall–Kier alpha value is -7.62. The molecule has 1 heterocycles. The van der Waals surface area contributed by atoms with Crippen LogP contribution in [0.15, 0.2) is 146 Å². The molecule has 29 heteroatoms. The van der Waals surface area contributed by atoms with Crippen molar-refractivity contribution in [2.24, 2.45) is 0 Å². The fourth-order valence-electron chi connectivity index (χ4n) is 8.07. The number of rotatable bonds is 8. The van der Waals surface area contributed by atoms with Crippen molar-refractivity contribution in [1.29, 1.82) is 0 Å².